The Labute approximate surface area is 276 Å². The number of hydrogen-bond donors (Lipinski definition) is 6. The van der Waals surface area contributed by atoms with Gasteiger partial charge >= 0.3 is 0 Å². The molecule has 256 valence electrons. The summed E-state index contributed by atoms with van der Waals surface area (Å²) in [6, 6.07) is 0.786. The molecule has 0 spiro atoms. The highest BCUT2D eigenvalue weighted by molar-refractivity contribution is 6.32. The highest BCUT2D eigenvalue weighted by Crippen LogP contribution is 2.43. The van der Waals surface area contributed by atoms with Crippen molar-refractivity contribution in [2.24, 2.45) is 23.1 Å². The number of rotatable bonds is 7. The van der Waals surface area contributed by atoms with Crippen molar-refractivity contribution < 1.29 is 19.4 Å². The maximum atomic E-state index is 13.6. The number of nitrogens with two attached hydrogens (primary N) is 3. The van der Waals surface area contributed by atoms with Crippen LogP contribution in [0.3, 0.4) is 0 Å². The first kappa shape index (κ1) is 37.3. The molecule has 4 aliphatic carbocycles. The van der Waals surface area contributed by atoms with Gasteiger partial charge in [-0.15, -0.1) is 0 Å². The van der Waals surface area contributed by atoms with Crippen LogP contribution < -0.4 is 27.8 Å². The number of fused-ring (bicyclic) bond motifs is 1. The molecule has 1 heterocycles. The number of carbonyl (C=O) groups is 2. The Hall–Kier alpha value is -3.14. The van der Waals surface area contributed by atoms with E-state index in [2.05, 4.69) is 30.7 Å². The Morgan fingerprint density at radius 1 is 1.04 bits per heavy atom. The van der Waals surface area contributed by atoms with Gasteiger partial charge in [-0.1, -0.05) is 64.2 Å². The van der Waals surface area contributed by atoms with Crippen LogP contribution in [0.5, 0.6) is 0 Å². The number of hydrogen-bond acceptors (Lipinski definition) is 9. The average Bonchev–Trinajstić information content (AvgIpc) is 3.05. The molecule has 9 N–H and O–H groups in total. The number of piperidine rings is 1. The molecule has 0 radical (unpaired) electrons. The quantitative estimate of drug-likeness (QED) is 0.200. The van der Waals surface area contributed by atoms with Crippen LogP contribution in [0.25, 0.3) is 0 Å². The lowest BCUT2D eigenvalue weighted by molar-refractivity contribution is -0.116. The summed E-state index contributed by atoms with van der Waals surface area (Å²) in [5.74, 6) is -0.743. The van der Waals surface area contributed by atoms with Gasteiger partial charge in [0.25, 0.3) is 0 Å². The Balaban J connectivity index is 0.000000363. The van der Waals surface area contributed by atoms with Gasteiger partial charge in [0.2, 0.25) is 5.78 Å². The van der Waals surface area contributed by atoms with E-state index in [1.54, 1.807) is 13.0 Å². The fourth-order valence-electron chi connectivity index (χ4n) is 7.05. The fraction of sp³-hybridized carbons (Fsp3) is 0.622. The summed E-state index contributed by atoms with van der Waals surface area (Å²) in [4.78, 5) is 26.9. The van der Waals surface area contributed by atoms with Crippen molar-refractivity contribution in [1.82, 2.24) is 10.6 Å². The summed E-state index contributed by atoms with van der Waals surface area (Å²) in [5, 5.41) is 18.0. The van der Waals surface area contributed by atoms with Crippen LogP contribution >= 0.6 is 0 Å². The molecule has 1 saturated heterocycles. The molecule has 0 bridgehead atoms. The summed E-state index contributed by atoms with van der Waals surface area (Å²) in [6.45, 7) is 14.2. The first-order valence-electron chi connectivity index (χ1n) is 17.3. The highest BCUT2D eigenvalue weighted by atomic mass is 16.5. The zero-order chi connectivity index (χ0) is 33.9. The van der Waals surface area contributed by atoms with Crippen molar-refractivity contribution in [2.45, 2.75) is 115 Å². The minimum atomic E-state index is -0.932. The lowest BCUT2D eigenvalue weighted by Crippen LogP contribution is -2.46. The van der Waals surface area contributed by atoms with E-state index >= 15 is 0 Å². The first-order valence-corrected chi connectivity index (χ1v) is 17.3. The van der Waals surface area contributed by atoms with Crippen molar-refractivity contribution >= 4 is 11.6 Å². The molecule has 5 rings (SSSR count). The zero-order valence-electron chi connectivity index (χ0n) is 28.6. The molecule has 0 amide bonds. The Morgan fingerprint density at radius 2 is 1.70 bits per heavy atom. The summed E-state index contributed by atoms with van der Waals surface area (Å²) in [5.41, 5.74) is 18.7. The summed E-state index contributed by atoms with van der Waals surface area (Å²) < 4.78 is 5.40. The molecule has 3 unspecified atom stereocenters. The molecule has 9 heteroatoms. The van der Waals surface area contributed by atoms with Gasteiger partial charge in [-0.2, -0.15) is 0 Å². The summed E-state index contributed by atoms with van der Waals surface area (Å²) in [6.07, 6.45) is 17.6. The van der Waals surface area contributed by atoms with Gasteiger partial charge in [0.1, 0.15) is 11.5 Å². The van der Waals surface area contributed by atoms with E-state index in [0.717, 1.165) is 11.7 Å². The summed E-state index contributed by atoms with van der Waals surface area (Å²) in [7, 11) is 1.46. The molecule has 9 nitrogen and oxygen atoms in total. The van der Waals surface area contributed by atoms with E-state index in [1.165, 1.54) is 71.4 Å². The lowest BCUT2D eigenvalue weighted by atomic mass is 9.70. The second kappa shape index (κ2) is 17.7. The van der Waals surface area contributed by atoms with Crippen molar-refractivity contribution in [3.8, 4) is 0 Å². The van der Waals surface area contributed by atoms with Crippen LogP contribution in [-0.2, 0) is 14.3 Å². The maximum absolute atomic E-state index is 13.6. The van der Waals surface area contributed by atoms with Crippen LogP contribution in [0.1, 0.15) is 104 Å². The van der Waals surface area contributed by atoms with Gasteiger partial charge in [-0.05, 0) is 64.5 Å². The average molecular weight is 638 g/mol. The Kier molecular flexibility index (Phi) is 14.3. The third kappa shape index (κ3) is 9.46. The number of methoxy groups -OCH3 is 1. The Bertz CT molecular complexity index is 1250. The van der Waals surface area contributed by atoms with Crippen LogP contribution in [0.4, 0.5) is 0 Å². The largest absolute Gasteiger partial charge is 0.507 e. The van der Waals surface area contributed by atoms with Gasteiger partial charge in [-0.25, -0.2) is 0 Å². The molecule has 1 aliphatic heterocycles. The number of carbonyl (C=O) groups excluding carboxylic acids is 2. The number of Topliss-reactive ketones (excluding diaryl/α,β-unsaturated/α-hetero) is 2. The standard InChI is InChI=1S/C25H34N4O4.C6H13N.C6H12/c1-13(27)19-21(24(32)20-16(22(19)30)6-5-7-18(20)33-4)23(31)17-9-8-15(12-25(17,3)28)14(2)29-11-10-26;1-6-4-2-3-5-7-6;1-2-4-6-5-3-1/h6,15,29,31H,1-2,5,7-12,26-28H2,3-4H3;6-7H,2-5H2,1H3;1-6H2/b23-17-;;. The molecule has 0 aromatic carbocycles. The normalized spacial score (nSPS) is 27.6. The third-order valence-electron chi connectivity index (χ3n) is 9.68. The van der Waals surface area contributed by atoms with Gasteiger partial charge in [0.05, 0.1) is 23.8 Å². The number of aliphatic hydroxyl groups excluding tert-OH is 1. The predicted molar refractivity (Wildman–Crippen MR) is 187 cm³/mol. The van der Waals surface area contributed by atoms with E-state index in [0.29, 0.717) is 56.5 Å². The van der Waals surface area contributed by atoms with Gasteiger partial charge in [0.15, 0.2) is 5.78 Å². The number of allylic oxidation sites excluding steroid dienone is 7. The maximum Gasteiger partial charge on any atom is 0.201 e. The van der Waals surface area contributed by atoms with E-state index in [4.69, 9.17) is 21.9 Å². The lowest BCUT2D eigenvalue weighted by Gasteiger charge is -2.39. The number of ketones is 2. The molecular weight excluding hydrogens is 578 g/mol. The summed E-state index contributed by atoms with van der Waals surface area (Å²) >= 11 is 0. The molecule has 0 aromatic rings. The molecule has 3 atom stereocenters. The zero-order valence-corrected chi connectivity index (χ0v) is 28.6. The van der Waals surface area contributed by atoms with Gasteiger partial charge in [-0.3, -0.25) is 9.59 Å². The fourth-order valence-corrected chi connectivity index (χ4v) is 7.05. The van der Waals surface area contributed by atoms with Gasteiger partial charge in [0, 0.05) is 54.0 Å². The molecule has 5 aliphatic rings. The minimum absolute atomic E-state index is 0.0771. The van der Waals surface area contributed by atoms with E-state index < -0.39 is 17.1 Å². The van der Waals surface area contributed by atoms with Crippen molar-refractivity contribution in [1.29, 1.82) is 0 Å². The highest BCUT2D eigenvalue weighted by Gasteiger charge is 2.43. The second-order valence-corrected chi connectivity index (χ2v) is 13.5. The van der Waals surface area contributed by atoms with E-state index in [-0.39, 0.29) is 39.7 Å². The molecule has 0 aromatic heterocycles. The van der Waals surface area contributed by atoms with E-state index in [9.17, 15) is 14.7 Å². The van der Waals surface area contributed by atoms with Crippen LogP contribution in [0, 0.1) is 5.92 Å². The SMILES string of the molecule is C1CCCCC1.C=C(N)C1=C(/C(O)=C2\CCC(C(=C)NCCN)CC2(C)N)C(=O)C2=C(OC)CCC=C2C1=O.CC1CCCCN1. The molecule has 46 heavy (non-hydrogen) atoms. The minimum Gasteiger partial charge on any atom is -0.507 e. The number of aliphatic hydroxyl groups is 1. The van der Waals surface area contributed by atoms with Crippen LogP contribution in [0.15, 0.2) is 70.0 Å². The first-order chi connectivity index (χ1) is 21.9. The van der Waals surface area contributed by atoms with Crippen molar-refractivity contribution in [3.63, 3.8) is 0 Å². The van der Waals surface area contributed by atoms with Crippen molar-refractivity contribution in [2.75, 3.05) is 26.7 Å². The van der Waals surface area contributed by atoms with E-state index in [1.807, 2.05) is 0 Å². The predicted octanol–water partition coefficient (Wildman–Crippen LogP) is 5.41. The third-order valence-corrected chi connectivity index (χ3v) is 9.68. The molecular formula is C37H59N5O4. The monoisotopic (exact) mass is 637 g/mol. The Morgan fingerprint density at radius 3 is 2.17 bits per heavy atom. The molecule has 3 fully saturated rings. The number of ether oxygens (including phenoxy) is 1. The van der Waals surface area contributed by atoms with Gasteiger partial charge < -0.3 is 37.7 Å². The molecule has 2 saturated carbocycles. The number of nitrogens with one attached hydrogen (secondary N) is 2. The van der Waals surface area contributed by atoms with Crippen LogP contribution in [-0.4, -0.2) is 55.0 Å². The van der Waals surface area contributed by atoms with Crippen LogP contribution in [0.2, 0.25) is 0 Å². The van der Waals surface area contributed by atoms with Crippen molar-refractivity contribution in [3.05, 3.63) is 70.0 Å². The topological polar surface area (TPSA) is 166 Å². The smallest absolute Gasteiger partial charge is 0.201 e. The second-order valence-electron chi connectivity index (χ2n) is 13.5.